The highest BCUT2D eigenvalue weighted by atomic mass is 16.7. The lowest BCUT2D eigenvalue weighted by Gasteiger charge is -2.35. The van der Waals surface area contributed by atoms with Crippen LogP contribution in [-0.2, 0) is 10.2 Å². The third-order valence-electron chi connectivity index (χ3n) is 4.81. The van der Waals surface area contributed by atoms with Crippen LogP contribution in [-0.4, -0.2) is 11.6 Å². The lowest BCUT2D eigenvalue weighted by atomic mass is 9.90. The minimum absolute atomic E-state index is 0.220. The molecule has 0 atom stereocenters. The fourth-order valence-corrected chi connectivity index (χ4v) is 3.25. The van der Waals surface area contributed by atoms with Crippen molar-refractivity contribution in [3.8, 4) is 11.5 Å². The summed E-state index contributed by atoms with van der Waals surface area (Å²) in [5.74, 6) is 1.63. The second-order valence-corrected chi connectivity index (χ2v) is 5.99. The molecule has 0 N–H and O–H groups in total. The van der Waals surface area contributed by atoms with E-state index in [1.54, 1.807) is 0 Å². The fraction of sp³-hybridized carbons (Fsp3) is 0.562. The van der Waals surface area contributed by atoms with Crippen LogP contribution in [0.2, 0.25) is 0 Å². The van der Waals surface area contributed by atoms with E-state index < -0.39 is 0 Å². The SMILES string of the molecule is CCC(=O)C1(c2ccc3c(c2)OC2(CCC2)O3)CC1. The number of carbonyl (C=O) groups excluding carboxylic acids is 1. The average Bonchev–Trinajstić information content (AvgIpc) is 3.10. The van der Waals surface area contributed by atoms with Crippen LogP contribution >= 0.6 is 0 Å². The molecule has 0 bridgehead atoms. The molecule has 0 radical (unpaired) electrons. The molecule has 1 heterocycles. The Hall–Kier alpha value is -1.51. The van der Waals surface area contributed by atoms with Crippen LogP contribution < -0.4 is 9.47 Å². The molecule has 2 aliphatic carbocycles. The van der Waals surface area contributed by atoms with E-state index in [1.165, 1.54) is 6.42 Å². The molecule has 3 nitrogen and oxygen atoms in total. The molecule has 1 aliphatic heterocycles. The Morgan fingerprint density at radius 1 is 1.16 bits per heavy atom. The lowest BCUT2D eigenvalue weighted by Crippen LogP contribution is -2.45. The molecule has 0 unspecified atom stereocenters. The van der Waals surface area contributed by atoms with Gasteiger partial charge in [0.2, 0.25) is 0 Å². The predicted octanol–water partition coefficient (Wildman–Crippen LogP) is 3.35. The van der Waals surface area contributed by atoms with E-state index in [2.05, 4.69) is 0 Å². The minimum Gasteiger partial charge on any atom is -0.448 e. The molecule has 0 saturated heterocycles. The van der Waals surface area contributed by atoms with Crippen molar-refractivity contribution < 1.29 is 14.3 Å². The summed E-state index contributed by atoms with van der Waals surface area (Å²) < 4.78 is 11.9. The van der Waals surface area contributed by atoms with Gasteiger partial charge in [0.25, 0.3) is 5.79 Å². The van der Waals surface area contributed by atoms with Gasteiger partial charge in [-0.2, -0.15) is 0 Å². The van der Waals surface area contributed by atoms with E-state index in [0.29, 0.717) is 12.2 Å². The first-order valence-corrected chi connectivity index (χ1v) is 7.23. The van der Waals surface area contributed by atoms with Gasteiger partial charge in [0.15, 0.2) is 11.5 Å². The Bertz CT molecular complexity index is 553. The maximum atomic E-state index is 12.1. The highest BCUT2D eigenvalue weighted by Crippen LogP contribution is 2.54. The van der Waals surface area contributed by atoms with Gasteiger partial charge >= 0.3 is 0 Å². The van der Waals surface area contributed by atoms with E-state index in [-0.39, 0.29) is 11.2 Å². The zero-order valence-corrected chi connectivity index (χ0v) is 11.2. The average molecular weight is 258 g/mol. The zero-order chi connectivity index (χ0) is 13.1. The van der Waals surface area contributed by atoms with Gasteiger partial charge in [0.1, 0.15) is 5.78 Å². The molecule has 0 aromatic heterocycles. The van der Waals surface area contributed by atoms with Gasteiger partial charge in [0.05, 0.1) is 5.41 Å². The van der Waals surface area contributed by atoms with Gasteiger partial charge in [0, 0.05) is 19.3 Å². The van der Waals surface area contributed by atoms with Crippen molar-refractivity contribution in [2.45, 2.75) is 56.7 Å². The van der Waals surface area contributed by atoms with Crippen LogP contribution in [0.3, 0.4) is 0 Å². The van der Waals surface area contributed by atoms with Crippen LogP contribution in [0.5, 0.6) is 11.5 Å². The summed E-state index contributed by atoms with van der Waals surface area (Å²) >= 11 is 0. The molecule has 1 aromatic rings. The van der Waals surface area contributed by atoms with Crippen molar-refractivity contribution in [2.24, 2.45) is 0 Å². The van der Waals surface area contributed by atoms with Gasteiger partial charge in [-0.3, -0.25) is 4.79 Å². The van der Waals surface area contributed by atoms with Gasteiger partial charge in [-0.05, 0) is 37.0 Å². The normalized spacial score (nSPS) is 24.1. The number of fused-ring (bicyclic) bond motifs is 1. The summed E-state index contributed by atoms with van der Waals surface area (Å²) in [5.41, 5.74) is 0.890. The maximum absolute atomic E-state index is 12.1. The molecule has 4 rings (SSSR count). The summed E-state index contributed by atoms with van der Waals surface area (Å²) in [7, 11) is 0. The molecule has 100 valence electrons. The van der Waals surface area contributed by atoms with Crippen molar-refractivity contribution >= 4 is 5.78 Å². The largest absolute Gasteiger partial charge is 0.448 e. The summed E-state index contributed by atoms with van der Waals surface area (Å²) in [6.45, 7) is 1.94. The Morgan fingerprint density at radius 3 is 2.47 bits per heavy atom. The summed E-state index contributed by atoms with van der Waals surface area (Å²) in [6.07, 6.45) is 5.67. The van der Waals surface area contributed by atoms with Crippen LogP contribution in [0.1, 0.15) is 51.0 Å². The molecule has 19 heavy (non-hydrogen) atoms. The second kappa shape index (κ2) is 3.53. The van der Waals surface area contributed by atoms with E-state index in [9.17, 15) is 4.79 Å². The van der Waals surface area contributed by atoms with E-state index in [1.807, 2.05) is 25.1 Å². The van der Waals surface area contributed by atoms with E-state index >= 15 is 0 Å². The summed E-state index contributed by atoms with van der Waals surface area (Å²) in [6, 6.07) is 6.05. The van der Waals surface area contributed by atoms with Crippen LogP contribution in [0.25, 0.3) is 0 Å². The molecular weight excluding hydrogens is 240 g/mol. The lowest BCUT2D eigenvalue weighted by molar-refractivity contribution is -0.138. The topological polar surface area (TPSA) is 35.5 Å². The molecular formula is C16H18O3. The van der Waals surface area contributed by atoms with Crippen LogP contribution in [0, 0.1) is 0 Å². The molecule has 3 aliphatic rings. The predicted molar refractivity (Wildman–Crippen MR) is 70.5 cm³/mol. The van der Waals surface area contributed by atoms with E-state index in [4.69, 9.17) is 9.47 Å². The number of benzene rings is 1. The van der Waals surface area contributed by atoms with Gasteiger partial charge in [-0.1, -0.05) is 13.0 Å². The molecule has 3 heteroatoms. The van der Waals surface area contributed by atoms with Crippen LogP contribution in [0.4, 0.5) is 0 Å². The number of carbonyl (C=O) groups is 1. The first-order chi connectivity index (χ1) is 9.17. The Balaban J connectivity index is 1.67. The highest BCUT2D eigenvalue weighted by Gasteiger charge is 2.51. The Morgan fingerprint density at radius 2 is 1.89 bits per heavy atom. The van der Waals surface area contributed by atoms with Gasteiger partial charge < -0.3 is 9.47 Å². The second-order valence-electron chi connectivity index (χ2n) is 5.99. The first-order valence-electron chi connectivity index (χ1n) is 7.23. The Labute approximate surface area is 112 Å². The fourth-order valence-electron chi connectivity index (χ4n) is 3.25. The number of hydrogen-bond donors (Lipinski definition) is 0. The van der Waals surface area contributed by atoms with Crippen molar-refractivity contribution in [3.63, 3.8) is 0 Å². The molecule has 0 amide bonds. The molecule has 2 fully saturated rings. The zero-order valence-electron chi connectivity index (χ0n) is 11.2. The third kappa shape index (κ3) is 1.47. The summed E-state index contributed by atoms with van der Waals surface area (Å²) in [4.78, 5) is 12.1. The van der Waals surface area contributed by atoms with Gasteiger partial charge in [-0.25, -0.2) is 0 Å². The first kappa shape index (κ1) is 11.3. The van der Waals surface area contributed by atoms with Crippen molar-refractivity contribution in [2.75, 3.05) is 0 Å². The van der Waals surface area contributed by atoms with Crippen molar-refractivity contribution in [3.05, 3.63) is 23.8 Å². The summed E-state index contributed by atoms with van der Waals surface area (Å²) in [5, 5.41) is 0. The highest BCUT2D eigenvalue weighted by molar-refractivity contribution is 5.93. The number of rotatable bonds is 3. The van der Waals surface area contributed by atoms with Crippen molar-refractivity contribution in [1.29, 1.82) is 0 Å². The standard InChI is InChI=1S/C16H18O3/c1-2-14(17)15(8-9-15)11-4-5-12-13(10-11)19-16(18-12)6-3-7-16/h4-5,10H,2-3,6-9H2,1H3. The quantitative estimate of drug-likeness (QED) is 0.834. The van der Waals surface area contributed by atoms with Crippen LogP contribution in [0.15, 0.2) is 18.2 Å². The molecule has 1 aromatic carbocycles. The number of ether oxygens (including phenoxy) is 2. The number of ketones is 1. The Kier molecular flexibility index (Phi) is 2.10. The number of hydrogen-bond acceptors (Lipinski definition) is 3. The minimum atomic E-state index is -0.383. The molecule has 1 spiro atoms. The molecule has 2 saturated carbocycles. The monoisotopic (exact) mass is 258 g/mol. The third-order valence-corrected chi connectivity index (χ3v) is 4.81. The number of Topliss-reactive ketones (excluding diaryl/α,β-unsaturated/α-hetero) is 1. The maximum Gasteiger partial charge on any atom is 0.251 e. The van der Waals surface area contributed by atoms with E-state index in [0.717, 1.165) is 42.7 Å². The smallest absolute Gasteiger partial charge is 0.251 e. The van der Waals surface area contributed by atoms with Gasteiger partial charge in [-0.15, -0.1) is 0 Å². The van der Waals surface area contributed by atoms with Crippen molar-refractivity contribution in [1.82, 2.24) is 0 Å².